The molecule has 54 heavy (non-hydrogen) atoms. The monoisotopic (exact) mass is 738 g/mol. The summed E-state index contributed by atoms with van der Waals surface area (Å²) >= 11 is 0. The number of fused-ring (bicyclic) bond motifs is 7. The van der Waals surface area contributed by atoms with E-state index in [1.807, 2.05) is 0 Å². The first-order valence-corrected chi connectivity index (χ1v) is 20.1. The summed E-state index contributed by atoms with van der Waals surface area (Å²) < 4.78 is 12.4. The van der Waals surface area contributed by atoms with Crippen molar-refractivity contribution in [2.75, 3.05) is 6.61 Å². The van der Waals surface area contributed by atoms with Gasteiger partial charge in [0.05, 0.1) is 28.9 Å². The van der Waals surface area contributed by atoms with E-state index in [9.17, 15) is 29.4 Å². The molecule has 10 atom stereocenters. The minimum Gasteiger partial charge on any atom is -0.478 e. The van der Waals surface area contributed by atoms with Gasteiger partial charge in [0, 0.05) is 10.8 Å². The highest BCUT2D eigenvalue weighted by molar-refractivity contribution is 6.03. The number of ether oxygens (including phenoxy) is 2. The van der Waals surface area contributed by atoms with Crippen molar-refractivity contribution in [1.82, 2.24) is 0 Å². The summed E-state index contributed by atoms with van der Waals surface area (Å²) in [5, 5.41) is 19.5. The quantitative estimate of drug-likeness (QED) is 0.202. The number of carbonyl (C=O) groups excluding carboxylic acids is 2. The molecule has 8 heteroatoms. The van der Waals surface area contributed by atoms with Crippen LogP contribution in [-0.4, -0.2) is 46.8 Å². The summed E-state index contributed by atoms with van der Waals surface area (Å²) in [7, 11) is 0. The third-order valence-corrected chi connectivity index (χ3v) is 16.7. The number of hydrogen-bond donors (Lipinski definition) is 2. The maximum Gasteiger partial charge on any atom is 0.339 e. The predicted molar refractivity (Wildman–Crippen MR) is 205 cm³/mol. The summed E-state index contributed by atoms with van der Waals surface area (Å²) in [6.07, 6.45) is 9.77. The van der Waals surface area contributed by atoms with Crippen LogP contribution in [0.25, 0.3) is 0 Å². The fourth-order valence-electron chi connectivity index (χ4n) is 13.9. The minimum absolute atomic E-state index is 0.0336. The highest BCUT2D eigenvalue weighted by atomic mass is 16.5. The van der Waals surface area contributed by atoms with Gasteiger partial charge in [0.15, 0.2) is 0 Å². The van der Waals surface area contributed by atoms with E-state index in [1.54, 1.807) is 36.4 Å². The van der Waals surface area contributed by atoms with E-state index in [0.29, 0.717) is 36.2 Å². The van der Waals surface area contributed by atoms with E-state index in [0.717, 1.165) is 64.2 Å². The number of hydrogen-bond acceptors (Lipinski definition) is 6. The fraction of sp³-hybridized carbons (Fsp3) is 0.609. The lowest BCUT2D eigenvalue weighted by Crippen LogP contribution is -2.67. The second-order valence-electron chi connectivity index (χ2n) is 19.1. The van der Waals surface area contributed by atoms with Crippen molar-refractivity contribution < 1.29 is 38.9 Å². The highest BCUT2D eigenvalue weighted by Crippen LogP contribution is 2.77. The first-order valence-electron chi connectivity index (χ1n) is 20.1. The Bertz CT molecular complexity index is 1880. The van der Waals surface area contributed by atoms with E-state index in [2.05, 4.69) is 48.1 Å². The Hall–Kier alpha value is -3.94. The van der Waals surface area contributed by atoms with Gasteiger partial charge < -0.3 is 19.7 Å². The topological polar surface area (TPSA) is 127 Å². The average molecular weight is 739 g/mol. The number of esters is 2. The molecule has 0 heterocycles. The molecule has 0 saturated heterocycles. The van der Waals surface area contributed by atoms with Crippen LogP contribution in [0, 0.1) is 56.7 Å². The zero-order chi connectivity index (χ0) is 39.0. The van der Waals surface area contributed by atoms with E-state index in [-0.39, 0.29) is 55.4 Å². The molecule has 0 radical (unpaired) electrons. The Morgan fingerprint density at radius 1 is 0.685 bits per heavy atom. The maximum atomic E-state index is 13.5. The smallest absolute Gasteiger partial charge is 0.339 e. The predicted octanol–water partition coefficient (Wildman–Crippen LogP) is 10.1. The van der Waals surface area contributed by atoms with Crippen LogP contribution in [0.15, 0.2) is 60.7 Å². The molecule has 0 unspecified atom stereocenters. The number of carbonyl (C=O) groups is 4. The third-order valence-electron chi connectivity index (χ3n) is 16.7. The largest absolute Gasteiger partial charge is 0.478 e. The van der Waals surface area contributed by atoms with Crippen molar-refractivity contribution in [1.29, 1.82) is 0 Å². The van der Waals surface area contributed by atoms with Gasteiger partial charge in [-0.15, -0.1) is 0 Å². The SMILES string of the molecule is C=C(C)[C@@H]1CC[C@@]2(COC(=O)c3ccccc3C(=O)O)CC[C@]3(C)[C@H](CC[C@H]4[C@@]5(C)CC[C@@H](OC(=O)c6ccccc6C(=O)O)C(C)(C)[C@H]5CC[C@@]43C)[C@@H]12. The van der Waals surface area contributed by atoms with Crippen LogP contribution in [0.4, 0.5) is 0 Å². The molecule has 0 amide bonds. The zero-order valence-electron chi connectivity index (χ0n) is 32.9. The second kappa shape index (κ2) is 13.4. The Morgan fingerprint density at radius 2 is 1.28 bits per heavy atom. The van der Waals surface area contributed by atoms with Gasteiger partial charge in [-0.1, -0.05) is 71.0 Å². The van der Waals surface area contributed by atoms with Crippen molar-refractivity contribution in [3.8, 4) is 0 Å². The summed E-state index contributed by atoms with van der Waals surface area (Å²) in [4.78, 5) is 50.7. The fourth-order valence-corrected chi connectivity index (χ4v) is 13.9. The first kappa shape index (κ1) is 38.3. The van der Waals surface area contributed by atoms with Gasteiger partial charge in [-0.2, -0.15) is 0 Å². The van der Waals surface area contributed by atoms with Gasteiger partial charge >= 0.3 is 23.9 Å². The van der Waals surface area contributed by atoms with Crippen molar-refractivity contribution in [2.45, 2.75) is 112 Å². The molecule has 2 aromatic rings. The first-order chi connectivity index (χ1) is 25.4. The Morgan fingerprint density at radius 3 is 1.87 bits per heavy atom. The van der Waals surface area contributed by atoms with Crippen LogP contribution in [0.3, 0.4) is 0 Å². The molecule has 5 aliphatic rings. The molecular weight excluding hydrogens is 680 g/mol. The van der Waals surface area contributed by atoms with Gasteiger partial charge in [-0.3, -0.25) is 0 Å². The normalized spacial score (nSPS) is 37.7. The lowest BCUT2D eigenvalue weighted by atomic mass is 9.32. The van der Waals surface area contributed by atoms with Crippen molar-refractivity contribution in [3.05, 3.63) is 82.9 Å². The standard InChI is InChI=1S/C46H58O8/c1-27(2)28-18-23-46(26-53-40(51)31-14-10-8-12-29(31)38(47)48)25-24-44(6)33(37(28)46)16-17-35-43(5)21-20-36(42(3,4)34(43)19-22-45(35,44)7)54-41(52)32-15-11-9-13-30(32)39(49)50/h8-15,28,33-37H,1,16-26H2,2-7H3,(H,47,48)(H,49,50)/t28-,33+,34+,35-,36+,37+,43-,44+,45-,46-/m0/s1. The number of carboxylic acid groups (broad SMARTS) is 2. The molecule has 5 aliphatic carbocycles. The minimum atomic E-state index is -1.14. The van der Waals surface area contributed by atoms with Gasteiger partial charge in [-0.05, 0) is 141 Å². The Labute approximate surface area is 320 Å². The Balaban J connectivity index is 1.14. The summed E-state index contributed by atoms with van der Waals surface area (Å²) in [5.41, 5.74) is 1.09. The van der Waals surface area contributed by atoms with Crippen LogP contribution in [0.2, 0.25) is 0 Å². The molecule has 7 rings (SSSR count). The molecular formula is C46H58O8. The van der Waals surface area contributed by atoms with Gasteiger partial charge in [0.25, 0.3) is 0 Å². The molecule has 0 bridgehead atoms. The maximum absolute atomic E-state index is 13.5. The van der Waals surface area contributed by atoms with Crippen molar-refractivity contribution in [3.63, 3.8) is 0 Å². The molecule has 0 aliphatic heterocycles. The number of aromatic carboxylic acids is 2. The second-order valence-corrected chi connectivity index (χ2v) is 19.1. The van der Waals surface area contributed by atoms with E-state index in [1.165, 1.54) is 17.7 Å². The molecule has 2 aromatic carbocycles. The van der Waals surface area contributed by atoms with E-state index >= 15 is 0 Å². The number of carboxylic acids is 2. The Kier molecular flexibility index (Phi) is 9.49. The third kappa shape index (κ3) is 5.67. The summed E-state index contributed by atoms with van der Waals surface area (Å²) in [6, 6.07) is 12.6. The number of allylic oxidation sites excluding steroid dienone is 1. The lowest BCUT2D eigenvalue weighted by molar-refractivity contribution is -0.249. The highest BCUT2D eigenvalue weighted by Gasteiger charge is 2.71. The van der Waals surface area contributed by atoms with Crippen LogP contribution in [-0.2, 0) is 9.47 Å². The van der Waals surface area contributed by atoms with E-state index < -0.39 is 23.9 Å². The molecule has 8 nitrogen and oxygen atoms in total. The summed E-state index contributed by atoms with van der Waals surface area (Å²) in [5.74, 6) is -1.43. The van der Waals surface area contributed by atoms with Crippen LogP contribution < -0.4 is 0 Å². The molecule has 0 spiro atoms. The van der Waals surface area contributed by atoms with Crippen LogP contribution in [0.1, 0.15) is 147 Å². The van der Waals surface area contributed by atoms with Crippen LogP contribution >= 0.6 is 0 Å². The molecule has 5 saturated carbocycles. The van der Waals surface area contributed by atoms with Gasteiger partial charge in [0.1, 0.15) is 6.10 Å². The number of benzene rings is 2. The molecule has 0 aromatic heterocycles. The van der Waals surface area contributed by atoms with E-state index in [4.69, 9.17) is 9.47 Å². The van der Waals surface area contributed by atoms with Gasteiger partial charge in [0.2, 0.25) is 0 Å². The number of rotatable bonds is 8. The molecule has 5 fully saturated rings. The van der Waals surface area contributed by atoms with Gasteiger partial charge in [-0.25, -0.2) is 19.2 Å². The van der Waals surface area contributed by atoms with Crippen LogP contribution in [0.5, 0.6) is 0 Å². The van der Waals surface area contributed by atoms with Crippen molar-refractivity contribution in [2.24, 2.45) is 56.7 Å². The zero-order valence-corrected chi connectivity index (χ0v) is 32.9. The molecule has 2 N–H and O–H groups in total. The van der Waals surface area contributed by atoms with Crippen molar-refractivity contribution >= 4 is 23.9 Å². The summed E-state index contributed by atoms with van der Waals surface area (Å²) in [6.45, 7) is 19.1. The average Bonchev–Trinajstić information content (AvgIpc) is 3.52. The lowest BCUT2D eigenvalue weighted by Gasteiger charge is -2.73. The molecule has 290 valence electrons.